The van der Waals surface area contributed by atoms with Gasteiger partial charge in [-0.15, -0.1) is 0 Å². The molecule has 1 aromatic rings. The van der Waals surface area contributed by atoms with Crippen molar-refractivity contribution in [1.29, 1.82) is 0 Å². The van der Waals surface area contributed by atoms with Crippen LogP contribution in [0.15, 0.2) is 30.3 Å². The lowest BCUT2D eigenvalue weighted by molar-refractivity contribution is -0.143. The maximum Gasteiger partial charge on any atom is 0.312 e. The third kappa shape index (κ3) is 2.07. The number of carbonyl (C=O) groups is 1. The van der Waals surface area contributed by atoms with E-state index < -0.39 is 0 Å². The predicted octanol–water partition coefficient (Wildman–Crippen LogP) is 2.30. The molecule has 1 aliphatic carbocycles. The number of hydrogen-bond donors (Lipinski definition) is 0. The molecule has 2 aliphatic rings. The topological polar surface area (TPSA) is 35.5 Å². The van der Waals surface area contributed by atoms with Crippen molar-refractivity contribution in [1.82, 2.24) is 0 Å². The Hall–Kier alpha value is -1.35. The first-order valence-corrected chi connectivity index (χ1v) is 6.20. The molecule has 3 rings (SSSR count). The minimum atomic E-state index is -0.0643. The van der Waals surface area contributed by atoms with Gasteiger partial charge >= 0.3 is 5.97 Å². The Bertz CT molecular complexity index is 401. The Balaban J connectivity index is 1.64. The molecule has 3 atom stereocenters. The van der Waals surface area contributed by atoms with Crippen molar-refractivity contribution < 1.29 is 14.3 Å². The van der Waals surface area contributed by atoms with Crippen LogP contribution in [-0.4, -0.2) is 18.2 Å². The zero-order valence-corrected chi connectivity index (χ0v) is 9.67. The molecule has 90 valence electrons. The van der Waals surface area contributed by atoms with Crippen LogP contribution >= 0.6 is 0 Å². The zero-order valence-electron chi connectivity index (χ0n) is 9.67. The van der Waals surface area contributed by atoms with Gasteiger partial charge in [-0.25, -0.2) is 0 Å². The van der Waals surface area contributed by atoms with Crippen molar-refractivity contribution in [2.75, 3.05) is 0 Å². The van der Waals surface area contributed by atoms with E-state index >= 15 is 0 Å². The zero-order chi connectivity index (χ0) is 11.7. The van der Waals surface area contributed by atoms with E-state index in [9.17, 15) is 4.79 Å². The van der Waals surface area contributed by atoms with Crippen LogP contribution in [0.25, 0.3) is 0 Å². The third-order valence-electron chi connectivity index (χ3n) is 3.62. The van der Waals surface area contributed by atoms with Crippen LogP contribution < -0.4 is 0 Å². The van der Waals surface area contributed by atoms with Gasteiger partial charge in [-0.2, -0.15) is 0 Å². The summed E-state index contributed by atoms with van der Waals surface area (Å²) in [7, 11) is 0. The first-order chi connectivity index (χ1) is 8.34. The van der Waals surface area contributed by atoms with Crippen LogP contribution in [-0.2, 0) is 20.9 Å². The molecule has 1 saturated carbocycles. The molecule has 0 spiro atoms. The summed E-state index contributed by atoms with van der Waals surface area (Å²) in [4.78, 5) is 11.6. The lowest BCUT2D eigenvalue weighted by atomic mass is 9.87. The van der Waals surface area contributed by atoms with Crippen molar-refractivity contribution in [3.05, 3.63) is 35.9 Å². The SMILES string of the molecule is O=C1O[C@@H]2CCC[C@H]1[C@@H]2OCc1ccccc1. The number of carbonyl (C=O) groups excluding carboxylic acids is 1. The summed E-state index contributed by atoms with van der Waals surface area (Å²) in [6.45, 7) is 0.565. The van der Waals surface area contributed by atoms with E-state index in [2.05, 4.69) is 0 Å². The van der Waals surface area contributed by atoms with Crippen molar-refractivity contribution in [2.45, 2.75) is 38.1 Å². The summed E-state index contributed by atoms with van der Waals surface area (Å²) in [5.74, 6) is -0.0944. The van der Waals surface area contributed by atoms with Gasteiger partial charge in [-0.1, -0.05) is 30.3 Å². The van der Waals surface area contributed by atoms with Crippen molar-refractivity contribution >= 4 is 5.97 Å². The first kappa shape index (κ1) is 10.8. The van der Waals surface area contributed by atoms with Crippen LogP contribution in [0.1, 0.15) is 24.8 Å². The Labute approximate surface area is 101 Å². The summed E-state index contributed by atoms with van der Waals surface area (Å²) in [6, 6.07) is 10.0. The monoisotopic (exact) mass is 232 g/mol. The average molecular weight is 232 g/mol. The van der Waals surface area contributed by atoms with Crippen molar-refractivity contribution in [3.8, 4) is 0 Å². The lowest BCUT2D eigenvalue weighted by Gasteiger charge is -2.25. The molecule has 1 saturated heterocycles. The van der Waals surface area contributed by atoms with Crippen molar-refractivity contribution in [2.24, 2.45) is 5.92 Å². The van der Waals surface area contributed by atoms with Gasteiger partial charge in [-0.3, -0.25) is 4.79 Å². The number of esters is 1. The van der Waals surface area contributed by atoms with Gasteiger partial charge in [0.1, 0.15) is 12.2 Å². The van der Waals surface area contributed by atoms with E-state index in [4.69, 9.17) is 9.47 Å². The maximum atomic E-state index is 11.6. The van der Waals surface area contributed by atoms with E-state index in [-0.39, 0.29) is 24.1 Å². The minimum absolute atomic E-state index is 0.00929. The van der Waals surface area contributed by atoms with Crippen LogP contribution in [0.3, 0.4) is 0 Å². The Morgan fingerprint density at radius 2 is 2.06 bits per heavy atom. The molecule has 3 heteroatoms. The fraction of sp³-hybridized carbons (Fsp3) is 0.500. The van der Waals surface area contributed by atoms with E-state index in [0.717, 1.165) is 24.8 Å². The number of ether oxygens (including phenoxy) is 2. The summed E-state index contributed by atoms with van der Waals surface area (Å²) < 4.78 is 11.2. The fourth-order valence-electron chi connectivity index (χ4n) is 2.73. The number of rotatable bonds is 3. The molecule has 0 N–H and O–H groups in total. The summed E-state index contributed by atoms with van der Waals surface area (Å²) >= 11 is 0. The number of hydrogen-bond acceptors (Lipinski definition) is 3. The van der Waals surface area contributed by atoms with E-state index in [1.165, 1.54) is 0 Å². The lowest BCUT2D eigenvalue weighted by Crippen LogP contribution is -2.33. The van der Waals surface area contributed by atoms with Crippen LogP contribution in [0, 0.1) is 5.92 Å². The van der Waals surface area contributed by atoms with E-state index in [1.54, 1.807) is 0 Å². The van der Waals surface area contributed by atoms with Crippen LogP contribution in [0.4, 0.5) is 0 Å². The highest BCUT2D eigenvalue weighted by atomic mass is 16.6. The molecule has 3 nitrogen and oxygen atoms in total. The second kappa shape index (κ2) is 4.49. The van der Waals surface area contributed by atoms with E-state index in [0.29, 0.717) is 6.61 Å². The molecule has 1 aromatic carbocycles. The highest BCUT2D eigenvalue weighted by molar-refractivity contribution is 5.76. The molecule has 17 heavy (non-hydrogen) atoms. The molecule has 1 aliphatic heterocycles. The van der Waals surface area contributed by atoms with Gasteiger partial charge in [0.15, 0.2) is 0 Å². The van der Waals surface area contributed by atoms with Gasteiger partial charge in [0.25, 0.3) is 0 Å². The normalized spacial score (nSPS) is 31.3. The molecule has 2 fully saturated rings. The maximum absolute atomic E-state index is 11.6. The molecular formula is C14H16O3. The van der Waals surface area contributed by atoms with Gasteiger partial charge in [0, 0.05) is 0 Å². The second-order valence-electron chi connectivity index (χ2n) is 4.77. The van der Waals surface area contributed by atoms with Gasteiger partial charge in [-0.05, 0) is 24.8 Å². The van der Waals surface area contributed by atoms with Gasteiger partial charge < -0.3 is 9.47 Å². The largest absolute Gasteiger partial charge is 0.459 e. The third-order valence-corrected chi connectivity index (χ3v) is 3.62. The van der Waals surface area contributed by atoms with Crippen LogP contribution in [0.5, 0.6) is 0 Å². The quantitative estimate of drug-likeness (QED) is 0.750. The van der Waals surface area contributed by atoms with Gasteiger partial charge in [0.2, 0.25) is 0 Å². The van der Waals surface area contributed by atoms with E-state index in [1.807, 2.05) is 30.3 Å². The molecule has 0 unspecified atom stereocenters. The predicted molar refractivity (Wildman–Crippen MR) is 62.2 cm³/mol. The van der Waals surface area contributed by atoms with Crippen molar-refractivity contribution in [3.63, 3.8) is 0 Å². The molecule has 1 heterocycles. The Morgan fingerprint density at radius 3 is 2.82 bits per heavy atom. The Morgan fingerprint density at radius 1 is 1.24 bits per heavy atom. The second-order valence-corrected chi connectivity index (χ2v) is 4.77. The number of fused-ring (bicyclic) bond motifs is 2. The smallest absolute Gasteiger partial charge is 0.312 e. The molecular weight excluding hydrogens is 216 g/mol. The molecule has 0 aromatic heterocycles. The highest BCUT2D eigenvalue weighted by Crippen LogP contribution is 2.36. The summed E-state index contributed by atoms with van der Waals surface area (Å²) in [6.07, 6.45) is 2.89. The Kier molecular flexibility index (Phi) is 2.85. The first-order valence-electron chi connectivity index (χ1n) is 6.20. The van der Waals surface area contributed by atoms with Gasteiger partial charge in [0.05, 0.1) is 12.5 Å². The summed E-state index contributed by atoms with van der Waals surface area (Å²) in [5, 5.41) is 0. The number of benzene rings is 1. The molecule has 0 amide bonds. The standard InChI is InChI=1S/C14H16O3/c15-14-11-7-4-8-12(17-14)13(11)16-9-10-5-2-1-3-6-10/h1-3,5-6,11-13H,4,7-9H2/t11-,12+,13-/m0/s1. The summed E-state index contributed by atoms with van der Waals surface area (Å²) in [5.41, 5.74) is 1.14. The minimum Gasteiger partial charge on any atom is -0.459 e. The fourth-order valence-corrected chi connectivity index (χ4v) is 2.73. The highest BCUT2D eigenvalue weighted by Gasteiger charge is 2.47. The van der Waals surface area contributed by atoms with Crippen LogP contribution in [0.2, 0.25) is 0 Å². The molecule has 2 bridgehead atoms. The average Bonchev–Trinajstić information content (AvgIpc) is 2.54. The molecule has 0 radical (unpaired) electrons.